The van der Waals surface area contributed by atoms with E-state index in [9.17, 15) is 13.5 Å². The summed E-state index contributed by atoms with van der Waals surface area (Å²) < 4.78 is 23.0. The van der Waals surface area contributed by atoms with Gasteiger partial charge >= 0.3 is 0 Å². The van der Waals surface area contributed by atoms with Crippen LogP contribution in [0.3, 0.4) is 0 Å². The molecular weight excluding hydrogens is 248 g/mol. The maximum atomic E-state index is 11.5. The smallest absolute Gasteiger partial charge is 0.150 e. The van der Waals surface area contributed by atoms with Crippen molar-refractivity contribution in [2.75, 3.05) is 18.1 Å². The Labute approximate surface area is 109 Å². The predicted molar refractivity (Wildman–Crippen MR) is 72.2 cm³/mol. The van der Waals surface area contributed by atoms with E-state index in [-0.39, 0.29) is 29.9 Å². The minimum atomic E-state index is -2.86. The Morgan fingerprint density at radius 2 is 2.22 bits per heavy atom. The lowest BCUT2D eigenvalue weighted by Gasteiger charge is -2.20. The second-order valence-corrected chi connectivity index (χ2v) is 7.53. The molecule has 0 spiro atoms. The zero-order valence-electron chi connectivity index (χ0n) is 10.7. The summed E-state index contributed by atoms with van der Waals surface area (Å²) in [5.74, 6) is 0.691. The molecule has 1 heterocycles. The summed E-state index contributed by atoms with van der Waals surface area (Å²) >= 11 is 0. The molecule has 0 radical (unpaired) electrons. The lowest BCUT2D eigenvalue weighted by molar-refractivity contribution is 0.184. The van der Waals surface area contributed by atoms with Crippen molar-refractivity contribution in [1.82, 2.24) is 0 Å². The van der Waals surface area contributed by atoms with Crippen LogP contribution in [0.1, 0.15) is 17.5 Å². The van der Waals surface area contributed by atoms with Crippen LogP contribution in [0.2, 0.25) is 0 Å². The van der Waals surface area contributed by atoms with Gasteiger partial charge in [-0.15, -0.1) is 0 Å². The van der Waals surface area contributed by atoms with Crippen molar-refractivity contribution < 1.29 is 13.5 Å². The fraction of sp³-hybridized carbons (Fsp3) is 0.571. The molecular formula is C14H20O3S. The van der Waals surface area contributed by atoms with Crippen molar-refractivity contribution in [3.8, 4) is 0 Å². The van der Waals surface area contributed by atoms with Crippen molar-refractivity contribution in [3.63, 3.8) is 0 Å². The van der Waals surface area contributed by atoms with Gasteiger partial charge in [0.15, 0.2) is 9.84 Å². The lowest BCUT2D eigenvalue weighted by Crippen LogP contribution is -2.22. The Morgan fingerprint density at radius 1 is 1.44 bits per heavy atom. The van der Waals surface area contributed by atoms with Crippen LogP contribution < -0.4 is 0 Å². The van der Waals surface area contributed by atoms with Gasteiger partial charge in [-0.25, -0.2) is 8.42 Å². The molecule has 0 amide bonds. The highest BCUT2D eigenvalue weighted by Crippen LogP contribution is 2.28. The van der Waals surface area contributed by atoms with Gasteiger partial charge in [0, 0.05) is 6.61 Å². The number of hydrogen-bond donors (Lipinski definition) is 1. The van der Waals surface area contributed by atoms with Crippen LogP contribution in [-0.2, 0) is 16.3 Å². The van der Waals surface area contributed by atoms with E-state index in [1.807, 2.05) is 25.1 Å². The molecule has 1 aliphatic heterocycles. The fourth-order valence-electron chi connectivity index (χ4n) is 2.72. The van der Waals surface area contributed by atoms with Crippen molar-refractivity contribution >= 4 is 9.84 Å². The molecule has 18 heavy (non-hydrogen) atoms. The van der Waals surface area contributed by atoms with Crippen LogP contribution in [0.5, 0.6) is 0 Å². The third kappa shape index (κ3) is 3.33. The molecule has 2 unspecified atom stereocenters. The van der Waals surface area contributed by atoms with E-state index in [1.165, 1.54) is 11.1 Å². The average molecular weight is 268 g/mol. The minimum absolute atomic E-state index is 0.0593. The van der Waals surface area contributed by atoms with Crippen LogP contribution in [0, 0.1) is 18.8 Å². The van der Waals surface area contributed by atoms with Gasteiger partial charge in [-0.1, -0.05) is 29.8 Å². The SMILES string of the molecule is Cc1cccc(CC(CO)C2CCS(=O)(=O)C2)c1. The number of aryl methyl sites for hydroxylation is 1. The molecule has 2 rings (SSSR count). The van der Waals surface area contributed by atoms with E-state index >= 15 is 0 Å². The fourth-order valence-corrected chi connectivity index (χ4v) is 4.64. The van der Waals surface area contributed by atoms with E-state index in [2.05, 4.69) is 6.07 Å². The second-order valence-electron chi connectivity index (χ2n) is 5.30. The highest BCUT2D eigenvalue weighted by Gasteiger charge is 2.33. The Hall–Kier alpha value is -0.870. The first-order valence-electron chi connectivity index (χ1n) is 6.37. The number of aliphatic hydroxyl groups is 1. The van der Waals surface area contributed by atoms with Crippen LogP contribution in [0.4, 0.5) is 0 Å². The molecule has 0 aromatic heterocycles. The number of aliphatic hydroxyl groups excluding tert-OH is 1. The molecule has 0 saturated carbocycles. The maximum absolute atomic E-state index is 11.5. The minimum Gasteiger partial charge on any atom is -0.396 e. The molecule has 3 nitrogen and oxygen atoms in total. The zero-order chi connectivity index (χ0) is 13.2. The first-order valence-corrected chi connectivity index (χ1v) is 8.19. The maximum Gasteiger partial charge on any atom is 0.150 e. The highest BCUT2D eigenvalue weighted by molar-refractivity contribution is 7.91. The first-order chi connectivity index (χ1) is 8.50. The Kier molecular flexibility index (Phi) is 4.07. The standard InChI is InChI=1S/C14H20O3S/c1-11-3-2-4-12(7-11)8-14(9-15)13-5-6-18(16,17)10-13/h2-4,7,13-15H,5-6,8-10H2,1H3. The number of rotatable bonds is 4. The molecule has 1 aliphatic rings. The van der Waals surface area contributed by atoms with E-state index < -0.39 is 9.84 Å². The van der Waals surface area contributed by atoms with Gasteiger partial charge in [-0.3, -0.25) is 0 Å². The van der Waals surface area contributed by atoms with Gasteiger partial charge in [0.25, 0.3) is 0 Å². The molecule has 1 aromatic rings. The van der Waals surface area contributed by atoms with E-state index in [1.54, 1.807) is 0 Å². The van der Waals surface area contributed by atoms with Gasteiger partial charge in [0.05, 0.1) is 11.5 Å². The molecule has 1 N–H and O–H groups in total. The van der Waals surface area contributed by atoms with E-state index in [0.717, 1.165) is 6.42 Å². The van der Waals surface area contributed by atoms with Crippen LogP contribution in [0.25, 0.3) is 0 Å². The zero-order valence-corrected chi connectivity index (χ0v) is 11.5. The van der Waals surface area contributed by atoms with Crippen LogP contribution in [-0.4, -0.2) is 31.6 Å². The van der Waals surface area contributed by atoms with E-state index in [0.29, 0.717) is 6.42 Å². The lowest BCUT2D eigenvalue weighted by atomic mass is 9.87. The molecule has 4 heteroatoms. The second kappa shape index (κ2) is 5.41. The normalized spacial score (nSPS) is 24.0. The Bertz CT molecular complexity index is 508. The summed E-state index contributed by atoms with van der Waals surface area (Å²) in [4.78, 5) is 0. The Morgan fingerprint density at radius 3 is 2.78 bits per heavy atom. The summed E-state index contributed by atoms with van der Waals surface area (Å²) in [5.41, 5.74) is 2.38. The van der Waals surface area contributed by atoms with Crippen molar-refractivity contribution in [3.05, 3.63) is 35.4 Å². The third-order valence-corrected chi connectivity index (χ3v) is 5.54. The molecule has 0 aliphatic carbocycles. The number of sulfone groups is 1. The molecule has 2 atom stereocenters. The van der Waals surface area contributed by atoms with E-state index in [4.69, 9.17) is 0 Å². The topological polar surface area (TPSA) is 54.4 Å². The third-order valence-electron chi connectivity index (χ3n) is 3.75. The van der Waals surface area contributed by atoms with Crippen molar-refractivity contribution in [2.24, 2.45) is 11.8 Å². The summed E-state index contributed by atoms with van der Waals surface area (Å²) in [6.45, 7) is 2.10. The van der Waals surface area contributed by atoms with Crippen molar-refractivity contribution in [2.45, 2.75) is 19.8 Å². The summed E-state index contributed by atoms with van der Waals surface area (Å²) in [6.07, 6.45) is 1.46. The number of hydrogen-bond acceptors (Lipinski definition) is 3. The average Bonchev–Trinajstić information content (AvgIpc) is 2.66. The highest BCUT2D eigenvalue weighted by atomic mass is 32.2. The first kappa shape index (κ1) is 13.6. The van der Waals surface area contributed by atoms with Gasteiger partial charge in [0.1, 0.15) is 0 Å². The van der Waals surface area contributed by atoms with Crippen molar-refractivity contribution in [1.29, 1.82) is 0 Å². The van der Waals surface area contributed by atoms with Gasteiger partial charge in [0.2, 0.25) is 0 Å². The molecule has 0 bridgehead atoms. The molecule has 1 fully saturated rings. The quantitative estimate of drug-likeness (QED) is 0.902. The largest absolute Gasteiger partial charge is 0.396 e. The molecule has 1 aromatic carbocycles. The Balaban J connectivity index is 2.06. The molecule has 100 valence electrons. The predicted octanol–water partition coefficient (Wildman–Crippen LogP) is 1.58. The summed E-state index contributed by atoms with van der Waals surface area (Å²) in [5, 5.41) is 9.49. The van der Waals surface area contributed by atoms with Gasteiger partial charge < -0.3 is 5.11 Å². The van der Waals surface area contributed by atoms with Crippen LogP contribution in [0.15, 0.2) is 24.3 Å². The monoisotopic (exact) mass is 268 g/mol. The van der Waals surface area contributed by atoms with Gasteiger partial charge in [-0.2, -0.15) is 0 Å². The van der Waals surface area contributed by atoms with Crippen LogP contribution >= 0.6 is 0 Å². The summed E-state index contributed by atoms with van der Waals surface area (Å²) in [7, 11) is -2.86. The molecule has 1 saturated heterocycles. The summed E-state index contributed by atoms with van der Waals surface area (Å²) in [6, 6.07) is 8.19. The number of benzene rings is 1. The van der Waals surface area contributed by atoms with Gasteiger partial charge in [-0.05, 0) is 37.2 Å².